The Kier molecular flexibility index (Phi) is 3.97. The minimum absolute atomic E-state index is 0.0510. The van der Waals surface area contributed by atoms with Gasteiger partial charge in [0.1, 0.15) is 0 Å². The normalized spacial score (nSPS) is 10.2. The third kappa shape index (κ3) is 3.17. The fourth-order valence-electron chi connectivity index (χ4n) is 1.54. The van der Waals surface area contributed by atoms with Crippen molar-refractivity contribution in [2.75, 3.05) is 7.05 Å². The van der Waals surface area contributed by atoms with Crippen molar-refractivity contribution in [3.8, 4) is 0 Å². The molecule has 0 bridgehead atoms. The molecule has 2 nitrogen and oxygen atoms in total. The summed E-state index contributed by atoms with van der Waals surface area (Å²) in [6.45, 7) is 0.643. The second-order valence-electron chi connectivity index (χ2n) is 3.73. The maximum absolute atomic E-state index is 12.1. The van der Waals surface area contributed by atoms with E-state index in [0.717, 1.165) is 9.35 Å². The molecule has 0 radical (unpaired) electrons. The van der Waals surface area contributed by atoms with Crippen LogP contribution in [0, 0.1) is 0 Å². The summed E-state index contributed by atoms with van der Waals surface area (Å²) in [5.74, 6) is 0.0510. The summed E-state index contributed by atoms with van der Waals surface area (Å²) in [7, 11) is 1.82. The van der Waals surface area contributed by atoms with E-state index in [1.807, 2.05) is 49.5 Å². The second kappa shape index (κ2) is 5.47. The predicted molar refractivity (Wildman–Crippen MR) is 74.3 cm³/mol. The molecule has 0 atom stereocenters. The fraction of sp³-hybridized carbons (Fsp3) is 0.154. The van der Waals surface area contributed by atoms with Crippen LogP contribution in [-0.4, -0.2) is 17.9 Å². The Hall–Kier alpha value is -1.13. The molecular formula is C13H12BrNOS. The number of carbonyl (C=O) groups excluding carboxylic acids is 1. The van der Waals surface area contributed by atoms with E-state index in [2.05, 4.69) is 15.9 Å². The highest BCUT2D eigenvalue weighted by Gasteiger charge is 2.12. The summed E-state index contributed by atoms with van der Waals surface area (Å²) >= 11 is 5.07. The zero-order valence-corrected chi connectivity index (χ0v) is 11.8. The molecule has 0 saturated heterocycles. The molecule has 4 heteroatoms. The van der Waals surface area contributed by atoms with Gasteiger partial charge in [0, 0.05) is 17.5 Å². The lowest BCUT2D eigenvalue weighted by atomic mass is 10.2. The number of rotatable bonds is 3. The molecule has 0 fully saturated rings. The Bertz CT molecular complexity index is 509. The molecule has 1 heterocycles. The summed E-state index contributed by atoms with van der Waals surface area (Å²) in [4.78, 5) is 15.0. The molecule has 0 aliphatic rings. The van der Waals surface area contributed by atoms with E-state index >= 15 is 0 Å². The van der Waals surface area contributed by atoms with Gasteiger partial charge in [-0.1, -0.05) is 18.2 Å². The standard InChI is InChI=1S/C13H12BrNOS/c1-15(9-11-7-8-12(14)17-11)13(16)10-5-3-2-4-6-10/h2-8H,9H2,1H3. The van der Waals surface area contributed by atoms with Crippen molar-refractivity contribution < 1.29 is 4.79 Å². The zero-order valence-electron chi connectivity index (χ0n) is 9.39. The van der Waals surface area contributed by atoms with E-state index in [1.165, 1.54) is 4.88 Å². The molecule has 0 unspecified atom stereocenters. The van der Waals surface area contributed by atoms with Gasteiger partial charge in [0.2, 0.25) is 0 Å². The van der Waals surface area contributed by atoms with E-state index in [1.54, 1.807) is 16.2 Å². The molecule has 1 aromatic carbocycles. The Morgan fingerprint density at radius 1 is 1.24 bits per heavy atom. The van der Waals surface area contributed by atoms with Gasteiger partial charge in [-0.2, -0.15) is 0 Å². The van der Waals surface area contributed by atoms with Crippen LogP contribution in [0.5, 0.6) is 0 Å². The van der Waals surface area contributed by atoms with Crippen LogP contribution in [0.4, 0.5) is 0 Å². The van der Waals surface area contributed by atoms with Crippen LogP contribution in [-0.2, 0) is 6.54 Å². The molecule has 0 aliphatic carbocycles. The number of amides is 1. The number of benzene rings is 1. The smallest absolute Gasteiger partial charge is 0.253 e. The van der Waals surface area contributed by atoms with Gasteiger partial charge in [0.05, 0.1) is 10.3 Å². The summed E-state index contributed by atoms with van der Waals surface area (Å²) in [5.41, 5.74) is 0.727. The summed E-state index contributed by atoms with van der Waals surface area (Å²) in [6.07, 6.45) is 0. The Morgan fingerprint density at radius 2 is 1.94 bits per heavy atom. The van der Waals surface area contributed by atoms with Gasteiger partial charge in [-0.05, 0) is 40.2 Å². The summed E-state index contributed by atoms with van der Waals surface area (Å²) < 4.78 is 1.09. The predicted octanol–water partition coefficient (Wildman–Crippen LogP) is 3.78. The first-order chi connectivity index (χ1) is 8.16. The van der Waals surface area contributed by atoms with Crippen molar-refractivity contribution >= 4 is 33.2 Å². The Morgan fingerprint density at radius 3 is 2.53 bits per heavy atom. The average Bonchev–Trinajstić information content (AvgIpc) is 2.75. The van der Waals surface area contributed by atoms with Gasteiger partial charge in [-0.15, -0.1) is 11.3 Å². The summed E-state index contributed by atoms with van der Waals surface area (Å²) in [5, 5.41) is 0. The second-order valence-corrected chi connectivity index (χ2v) is 6.28. The maximum Gasteiger partial charge on any atom is 0.253 e. The highest BCUT2D eigenvalue weighted by molar-refractivity contribution is 9.11. The van der Waals surface area contributed by atoms with Crippen LogP contribution in [0.1, 0.15) is 15.2 Å². The first kappa shape index (κ1) is 12.3. The number of halogens is 1. The van der Waals surface area contributed by atoms with Crippen LogP contribution < -0.4 is 0 Å². The van der Waals surface area contributed by atoms with Crippen molar-refractivity contribution in [2.24, 2.45) is 0 Å². The van der Waals surface area contributed by atoms with Crippen LogP contribution in [0.15, 0.2) is 46.3 Å². The lowest BCUT2D eigenvalue weighted by molar-refractivity contribution is 0.0786. The SMILES string of the molecule is CN(Cc1ccc(Br)s1)C(=O)c1ccccc1. The van der Waals surface area contributed by atoms with Gasteiger partial charge in [-0.3, -0.25) is 4.79 Å². The molecule has 17 heavy (non-hydrogen) atoms. The van der Waals surface area contributed by atoms with Gasteiger partial charge < -0.3 is 4.90 Å². The van der Waals surface area contributed by atoms with E-state index < -0.39 is 0 Å². The zero-order chi connectivity index (χ0) is 12.3. The largest absolute Gasteiger partial charge is 0.337 e. The number of hydrogen-bond donors (Lipinski definition) is 0. The van der Waals surface area contributed by atoms with E-state index in [4.69, 9.17) is 0 Å². The number of hydrogen-bond acceptors (Lipinski definition) is 2. The molecule has 0 saturated carbocycles. The quantitative estimate of drug-likeness (QED) is 0.845. The van der Waals surface area contributed by atoms with E-state index in [-0.39, 0.29) is 5.91 Å². The van der Waals surface area contributed by atoms with Crippen LogP contribution in [0.2, 0.25) is 0 Å². The molecule has 88 valence electrons. The van der Waals surface area contributed by atoms with Crippen molar-refractivity contribution in [2.45, 2.75) is 6.54 Å². The maximum atomic E-state index is 12.1. The average molecular weight is 310 g/mol. The molecule has 2 aromatic rings. The van der Waals surface area contributed by atoms with Crippen LogP contribution in [0.25, 0.3) is 0 Å². The Balaban J connectivity index is 2.06. The van der Waals surface area contributed by atoms with Gasteiger partial charge >= 0.3 is 0 Å². The highest BCUT2D eigenvalue weighted by atomic mass is 79.9. The van der Waals surface area contributed by atoms with Crippen LogP contribution in [0.3, 0.4) is 0 Å². The van der Waals surface area contributed by atoms with Crippen molar-refractivity contribution in [3.05, 3.63) is 56.7 Å². The molecule has 0 spiro atoms. The first-order valence-corrected chi connectivity index (χ1v) is 6.82. The summed E-state index contributed by atoms with van der Waals surface area (Å²) in [6, 6.07) is 13.4. The van der Waals surface area contributed by atoms with Crippen molar-refractivity contribution in [1.29, 1.82) is 0 Å². The van der Waals surface area contributed by atoms with Gasteiger partial charge in [0.15, 0.2) is 0 Å². The fourth-order valence-corrected chi connectivity index (χ4v) is 3.08. The van der Waals surface area contributed by atoms with E-state index in [0.29, 0.717) is 6.54 Å². The minimum atomic E-state index is 0.0510. The topological polar surface area (TPSA) is 20.3 Å². The number of carbonyl (C=O) groups is 1. The molecule has 0 aliphatic heterocycles. The third-order valence-electron chi connectivity index (χ3n) is 2.39. The monoisotopic (exact) mass is 309 g/mol. The lowest BCUT2D eigenvalue weighted by Crippen LogP contribution is -2.25. The van der Waals surface area contributed by atoms with Gasteiger partial charge in [0.25, 0.3) is 5.91 Å². The van der Waals surface area contributed by atoms with Crippen molar-refractivity contribution in [1.82, 2.24) is 4.90 Å². The molecule has 1 aromatic heterocycles. The minimum Gasteiger partial charge on any atom is -0.337 e. The number of nitrogens with zero attached hydrogens (tertiary/aromatic N) is 1. The molecule has 2 rings (SSSR count). The molecule has 0 N–H and O–H groups in total. The highest BCUT2D eigenvalue weighted by Crippen LogP contribution is 2.23. The van der Waals surface area contributed by atoms with E-state index in [9.17, 15) is 4.79 Å². The van der Waals surface area contributed by atoms with Crippen molar-refractivity contribution in [3.63, 3.8) is 0 Å². The van der Waals surface area contributed by atoms with Crippen LogP contribution >= 0.6 is 27.3 Å². The first-order valence-electron chi connectivity index (χ1n) is 5.21. The number of thiophene rings is 1. The van der Waals surface area contributed by atoms with Gasteiger partial charge in [-0.25, -0.2) is 0 Å². The Labute approximate surface area is 113 Å². The molecular weight excluding hydrogens is 298 g/mol. The molecule has 1 amide bonds. The third-order valence-corrected chi connectivity index (χ3v) is 4.00. The lowest BCUT2D eigenvalue weighted by Gasteiger charge is -2.16.